The predicted molar refractivity (Wildman–Crippen MR) is 121 cm³/mol. The number of hydrogen-bond acceptors (Lipinski definition) is 9. The number of carbonyl (C=O) groups is 1. The van der Waals surface area contributed by atoms with Crippen LogP contribution in [0.1, 0.15) is 23.5 Å². The summed E-state index contributed by atoms with van der Waals surface area (Å²) in [5.74, 6) is -6.46. The Hall–Kier alpha value is -4.73. The summed E-state index contributed by atoms with van der Waals surface area (Å²) in [6, 6.07) is 9.63. The Balaban J connectivity index is 2.11. The van der Waals surface area contributed by atoms with Gasteiger partial charge in [0.05, 0.1) is 13.5 Å². The van der Waals surface area contributed by atoms with Gasteiger partial charge < -0.3 is 34.7 Å². The molecule has 1 heterocycles. The molecule has 180 valence electrons. The van der Waals surface area contributed by atoms with Crippen LogP contribution < -0.4 is 5.43 Å². The number of hydrogen-bond donors (Lipinski definition) is 5. The third-order valence-corrected chi connectivity index (χ3v) is 5.60. The standard InChI is InChI=1S/C25H19FO9/c1-34-19(31)9-13(12-4-2-3-5-14(12)26)20-17(29)10-18(30)21-22(32)23(33)24(35-25(20)21)11-6-7-15(27)16(28)8-11/h2-8,10,13,27-30,33H,9H2,1H3. The van der Waals surface area contributed by atoms with Crippen molar-refractivity contribution in [3.8, 4) is 40.1 Å². The lowest BCUT2D eigenvalue weighted by molar-refractivity contribution is -0.140. The van der Waals surface area contributed by atoms with Gasteiger partial charge in [-0.3, -0.25) is 9.59 Å². The molecule has 0 aliphatic rings. The average molecular weight is 482 g/mol. The van der Waals surface area contributed by atoms with Crippen molar-refractivity contribution in [2.45, 2.75) is 12.3 Å². The first-order valence-electron chi connectivity index (χ1n) is 10.2. The number of ether oxygens (including phenoxy) is 1. The van der Waals surface area contributed by atoms with Gasteiger partial charge in [-0.25, -0.2) is 4.39 Å². The molecule has 0 spiro atoms. The number of benzene rings is 3. The largest absolute Gasteiger partial charge is 0.507 e. The van der Waals surface area contributed by atoms with E-state index in [1.165, 1.54) is 24.3 Å². The van der Waals surface area contributed by atoms with E-state index in [0.717, 1.165) is 31.4 Å². The van der Waals surface area contributed by atoms with Gasteiger partial charge >= 0.3 is 5.97 Å². The van der Waals surface area contributed by atoms with E-state index in [1.807, 2.05) is 0 Å². The number of methoxy groups -OCH3 is 1. The second-order valence-corrected chi connectivity index (χ2v) is 7.70. The summed E-state index contributed by atoms with van der Waals surface area (Å²) >= 11 is 0. The number of rotatable bonds is 5. The van der Waals surface area contributed by atoms with Crippen molar-refractivity contribution in [3.63, 3.8) is 0 Å². The van der Waals surface area contributed by atoms with E-state index in [9.17, 15) is 39.5 Å². The van der Waals surface area contributed by atoms with Crippen molar-refractivity contribution in [1.82, 2.24) is 0 Å². The summed E-state index contributed by atoms with van der Waals surface area (Å²) in [4.78, 5) is 25.2. The molecular formula is C25H19FO9. The number of fused-ring (bicyclic) bond motifs is 1. The van der Waals surface area contributed by atoms with E-state index >= 15 is 0 Å². The molecule has 0 saturated carbocycles. The molecule has 0 fully saturated rings. The summed E-state index contributed by atoms with van der Waals surface area (Å²) in [7, 11) is 1.13. The Kier molecular flexibility index (Phi) is 5.96. The van der Waals surface area contributed by atoms with E-state index in [0.29, 0.717) is 0 Å². The maximum Gasteiger partial charge on any atom is 0.306 e. The third-order valence-electron chi connectivity index (χ3n) is 5.60. The van der Waals surface area contributed by atoms with Crippen LogP contribution >= 0.6 is 0 Å². The van der Waals surface area contributed by atoms with Crippen molar-refractivity contribution in [2.24, 2.45) is 0 Å². The highest BCUT2D eigenvalue weighted by molar-refractivity contribution is 5.92. The van der Waals surface area contributed by atoms with Gasteiger partial charge in [0, 0.05) is 23.1 Å². The van der Waals surface area contributed by atoms with Crippen LogP contribution in [0.2, 0.25) is 0 Å². The molecule has 0 amide bonds. The molecular weight excluding hydrogens is 463 g/mol. The highest BCUT2D eigenvalue weighted by Crippen LogP contribution is 2.45. The van der Waals surface area contributed by atoms with Gasteiger partial charge in [0.2, 0.25) is 11.2 Å². The van der Waals surface area contributed by atoms with Crippen LogP contribution in [0.5, 0.6) is 28.7 Å². The van der Waals surface area contributed by atoms with E-state index in [2.05, 4.69) is 0 Å². The van der Waals surface area contributed by atoms with Gasteiger partial charge in [-0.2, -0.15) is 0 Å². The van der Waals surface area contributed by atoms with Crippen LogP contribution in [0, 0.1) is 5.82 Å². The fraction of sp³-hybridized carbons (Fsp3) is 0.120. The predicted octanol–water partition coefficient (Wildman–Crippen LogP) is 3.82. The minimum absolute atomic E-state index is 0.0269. The van der Waals surface area contributed by atoms with Crippen molar-refractivity contribution >= 4 is 16.9 Å². The second-order valence-electron chi connectivity index (χ2n) is 7.70. The lowest BCUT2D eigenvalue weighted by atomic mass is 9.86. The zero-order valence-corrected chi connectivity index (χ0v) is 18.2. The van der Waals surface area contributed by atoms with Gasteiger partial charge in [0.1, 0.15) is 28.3 Å². The van der Waals surface area contributed by atoms with Crippen LogP contribution in [0.15, 0.2) is 57.7 Å². The normalized spacial score (nSPS) is 11.9. The number of phenols is 4. The monoisotopic (exact) mass is 482 g/mol. The van der Waals surface area contributed by atoms with Crippen molar-refractivity contribution in [1.29, 1.82) is 0 Å². The SMILES string of the molecule is COC(=O)CC(c1ccccc1F)c1c(O)cc(O)c2c(=O)c(O)c(-c3ccc(O)c(O)c3)oc12. The van der Waals surface area contributed by atoms with Gasteiger partial charge in [0.25, 0.3) is 0 Å². The molecule has 1 aromatic heterocycles. The van der Waals surface area contributed by atoms with E-state index in [1.54, 1.807) is 0 Å². The number of carbonyl (C=O) groups excluding carboxylic acids is 1. The van der Waals surface area contributed by atoms with Crippen molar-refractivity contribution < 1.29 is 43.9 Å². The Labute approximate surface area is 196 Å². The van der Waals surface area contributed by atoms with E-state index in [-0.39, 0.29) is 16.7 Å². The van der Waals surface area contributed by atoms with Crippen LogP contribution in [0.4, 0.5) is 4.39 Å². The maximum absolute atomic E-state index is 14.8. The molecule has 3 aromatic carbocycles. The lowest BCUT2D eigenvalue weighted by Crippen LogP contribution is -2.13. The molecule has 0 aliphatic carbocycles. The number of halogens is 1. The van der Waals surface area contributed by atoms with Crippen LogP contribution in [0.25, 0.3) is 22.3 Å². The highest BCUT2D eigenvalue weighted by atomic mass is 19.1. The second kappa shape index (κ2) is 8.90. The van der Waals surface area contributed by atoms with E-state index < -0.39 is 75.0 Å². The Bertz CT molecular complexity index is 1520. The summed E-state index contributed by atoms with van der Waals surface area (Å²) < 4.78 is 25.3. The maximum atomic E-state index is 14.8. The summed E-state index contributed by atoms with van der Waals surface area (Å²) in [5, 5.41) is 50.6. The number of aromatic hydroxyl groups is 5. The van der Waals surface area contributed by atoms with Crippen molar-refractivity contribution in [2.75, 3.05) is 7.11 Å². The quantitative estimate of drug-likeness (QED) is 0.211. The fourth-order valence-corrected chi connectivity index (χ4v) is 3.92. The highest BCUT2D eigenvalue weighted by Gasteiger charge is 2.31. The first-order valence-corrected chi connectivity index (χ1v) is 10.2. The fourth-order valence-electron chi connectivity index (χ4n) is 3.92. The molecule has 10 heteroatoms. The Morgan fingerprint density at radius 3 is 2.34 bits per heavy atom. The molecule has 9 nitrogen and oxygen atoms in total. The minimum atomic E-state index is -1.22. The lowest BCUT2D eigenvalue weighted by Gasteiger charge is -2.21. The summed E-state index contributed by atoms with van der Waals surface area (Å²) in [5.41, 5.74) is -1.78. The van der Waals surface area contributed by atoms with Gasteiger partial charge in [-0.05, 0) is 29.8 Å². The number of esters is 1. The van der Waals surface area contributed by atoms with Gasteiger partial charge in [0.15, 0.2) is 17.3 Å². The number of phenolic OH excluding ortho intramolecular Hbond substituents is 4. The molecule has 0 saturated heterocycles. The minimum Gasteiger partial charge on any atom is -0.507 e. The first kappa shape index (κ1) is 23.4. The average Bonchev–Trinajstić information content (AvgIpc) is 2.82. The van der Waals surface area contributed by atoms with Crippen LogP contribution in [-0.2, 0) is 9.53 Å². The summed E-state index contributed by atoms with van der Waals surface area (Å²) in [6.07, 6.45) is -0.467. The topological polar surface area (TPSA) is 158 Å². The van der Waals surface area contributed by atoms with Crippen LogP contribution in [0.3, 0.4) is 0 Å². The zero-order valence-electron chi connectivity index (χ0n) is 18.2. The molecule has 0 radical (unpaired) electrons. The van der Waals surface area contributed by atoms with Crippen LogP contribution in [-0.4, -0.2) is 38.6 Å². The van der Waals surface area contributed by atoms with Gasteiger partial charge in [-0.15, -0.1) is 0 Å². The third kappa shape index (κ3) is 4.05. The molecule has 1 atom stereocenters. The van der Waals surface area contributed by atoms with Gasteiger partial charge in [-0.1, -0.05) is 18.2 Å². The zero-order chi connectivity index (χ0) is 25.4. The molecule has 1 unspecified atom stereocenters. The molecule has 4 aromatic rings. The Morgan fingerprint density at radius 2 is 1.69 bits per heavy atom. The first-order chi connectivity index (χ1) is 16.6. The molecule has 5 N–H and O–H groups in total. The molecule has 35 heavy (non-hydrogen) atoms. The molecule has 0 bridgehead atoms. The molecule has 0 aliphatic heterocycles. The molecule has 4 rings (SSSR count). The van der Waals surface area contributed by atoms with E-state index in [4.69, 9.17) is 9.15 Å². The smallest absolute Gasteiger partial charge is 0.306 e. The Morgan fingerprint density at radius 1 is 0.971 bits per heavy atom. The van der Waals surface area contributed by atoms with Crippen molar-refractivity contribution in [3.05, 3.63) is 75.7 Å². The summed E-state index contributed by atoms with van der Waals surface area (Å²) in [6.45, 7) is 0.